The van der Waals surface area contributed by atoms with Gasteiger partial charge in [-0.2, -0.15) is 0 Å². The minimum atomic E-state index is -0.0903. The van der Waals surface area contributed by atoms with Crippen LogP contribution >= 0.6 is 0 Å². The summed E-state index contributed by atoms with van der Waals surface area (Å²) >= 11 is 0. The van der Waals surface area contributed by atoms with Crippen LogP contribution in [0.3, 0.4) is 0 Å². The first-order valence-corrected chi connectivity index (χ1v) is 2.51. The van der Waals surface area contributed by atoms with Crippen molar-refractivity contribution >= 4 is 5.91 Å². The van der Waals surface area contributed by atoms with Crippen molar-refractivity contribution in [3.05, 3.63) is 0 Å². The average Bonchev–Trinajstić information content (AvgIpc) is 1.67. The minimum Gasteiger partial charge on any atom is -0.277 e. The first-order chi connectivity index (χ1) is 3.68. The second-order valence-corrected chi connectivity index (χ2v) is 1.83. The molecule has 1 amide bonds. The molecule has 0 aromatic rings. The molecular formula is C5H13NO2. The molecule has 3 nitrogen and oxygen atoms in total. The molecule has 3 heteroatoms. The van der Waals surface area contributed by atoms with Crippen molar-refractivity contribution in [2.75, 3.05) is 7.11 Å². The van der Waals surface area contributed by atoms with Crippen LogP contribution in [0.15, 0.2) is 0 Å². The van der Waals surface area contributed by atoms with Gasteiger partial charge in [-0.1, -0.05) is 13.8 Å². The third-order valence-corrected chi connectivity index (χ3v) is 0.727. The van der Waals surface area contributed by atoms with Crippen LogP contribution in [0, 0.1) is 5.92 Å². The predicted molar refractivity (Wildman–Crippen MR) is 32.1 cm³/mol. The quantitative estimate of drug-likeness (QED) is 0.539. The molecule has 0 fully saturated rings. The molecule has 0 saturated carbocycles. The third-order valence-electron chi connectivity index (χ3n) is 0.727. The van der Waals surface area contributed by atoms with Crippen molar-refractivity contribution in [2.45, 2.75) is 13.8 Å². The van der Waals surface area contributed by atoms with Crippen LogP contribution in [0.25, 0.3) is 0 Å². The predicted octanol–water partition coefficient (Wildman–Crippen LogP) is 0.566. The van der Waals surface area contributed by atoms with Gasteiger partial charge in [0.15, 0.2) is 0 Å². The minimum absolute atomic E-state index is 0. The number of rotatable bonds is 2. The highest BCUT2D eigenvalue weighted by Crippen LogP contribution is 1.88. The van der Waals surface area contributed by atoms with Gasteiger partial charge in [0.2, 0.25) is 5.91 Å². The van der Waals surface area contributed by atoms with Gasteiger partial charge in [0.1, 0.15) is 0 Å². The monoisotopic (exact) mass is 119 g/mol. The van der Waals surface area contributed by atoms with Crippen molar-refractivity contribution in [3.8, 4) is 0 Å². The van der Waals surface area contributed by atoms with Gasteiger partial charge in [0.25, 0.3) is 0 Å². The van der Waals surface area contributed by atoms with Crippen molar-refractivity contribution in [3.63, 3.8) is 0 Å². The maximum atomic E-state index is 10.5. The first-order valence-electron chi connectivity index (χ1n) is 2.51. The smallest absolute Gasteiger partial charge is 0.246 e. The molecule has 0 aliphatic heterocycles. The highest BCUT2D eigenvalue weighted by molar-refractivity contribution is 5.76. The number of carbonyl (C=O) groups excluding carboxylic acids is 1. The second kappa shape index (κ2) is 3.43. The highest BCUT2D eigenvalue weighted by Gasteiger charge is 2.03. The van der Waals surface area contributed by atoms with Crippen molar-refractivity contribution in [1.82, 2.24) is 5.48 Å². The van der Waals surface area contributed by atoms with E-state index < -0.39 is 0 Å². The zero-order valence-corrected chi connectivity index (χ0v) is 5.39. The Balaban J connectivity index is 0. The SMILES string of the molecule is CONC(=O)C(C)C.[HH]. The molecule has 0 aromatic carbocycles. The summed E-state index contributed by atoms with van der Waals surface area (Å²) in [5, 5.41) is 0. The van der Waals surface area contributed by atoms with Crippen LogP contribution in [-0.4, -0.2) is 13.0 Å². The van der Waals surface area contributed by atoms with E-state index in [9.17, 15) is 4.79 Å². The fraction of sp³-hybridized carbons (Fsp3) is 0.800. The molecule has 0 rings (SSSR count). The summed E-state index contributed by atoms with van der Waals surface area (Å²) in [4.78, 5) is 14.9. The van der Waals surface area contributed by atoms with Crippen LogP contribution in [-0.2, 0) is 9.63 Å². The Morgan fingerprint density at radius 2 is 2.25 bits per heavy atom. The molecule has 0 aliphatic carbocycles. The average molecular weight is 119 g/mol. The Hall–Kier alpha value is -0.570. The van der Waals surface area contributed by atoms with Crippen molar-refractivity contribution in [1.29, 1.82) is 0 Å². The summed E-state index contributed by atoms with van der Waals surface area (Å²) < 4.78 is 0. The van der Waals surface area contributed by atoms with E-state index in [0.29, 0.717) is 0 Å². The molecule has 0 saturated heterocycles. The van der Waals surface area contributed by atoms with E-state index in [1.54, 1.807) is 13.8 Å². The molecule has 0 atom stereocenters. The maximum Gasteiger partial charge on any atom is 0.246 e. The van der Waals surface area contributed by atoms with Gasteiger partial charge < -0.3 is 0 Å². The lowest BCUT2D eigenvalue weighted by molar-refractivity contribution is -0.134. The van der Waals surface area contributed by atoms with Crippen LogP contribution in [0.1, 0.15) is 15.3 Å². The molecule has 0 bridgehead atoms. The van der Waals surface area contributed by atoms with E-state index >= 15 is 0 Å². The normalized spacial score (nSPS) is 9.50. The summed E-state index contributed by atoms with van der Waals surface area (Å²) in [5.41, 5.74) is 2.21. The molecule has 0 unspecified atom stereocenters. The second-order valence-electron chi connectivity index (χ2n) is 1.83. The van der Waals surface area contributed by atoms with Crippen LogP contribution in [0.2, 0.25) is 0 Å². The van der Waals surface area contributed by atoms with Gasteiger partial charge >= 0.3 is 0 Å². The lowest BCUT2D eigenvalue weighted by Crippen LogP contribution is -2.26. The van der Waals surface area contributed by atoms with Crippen LogP contribution in [0.4, 0.5) is 0 Å². The standard InChI is InChI=1S/C5H11NO2.H2/c1-4(2)5(7)6-8-3;/h4H,1-3H3,(H,6,7);1H. The van der Waals surface area contributed by atoms with Gasteiger partial charge in [0, 0.05) is 7.34 Å². The molecular weight excluding hydrogens is 106 g/mol. The third kappa shape index (κ3) is 2.58. The topological polar surface area (TPSA) is 38.3 Å². The summed E-state index contributed by atoms with van der Waals surface area (Å²) in [7, 11) is 1.42. The lowest BCUT2D eigenvalue weighted by atomic mass is 10.2. The Kier molecular flexibility index (Phi) is 3.19. The number of hydroxylamine groups is 1. The molecule has 50 valence electrons. The fourth-order valence-corrected chi connectivity index (χ4v) is 0.218. The van der Waals surface area contributed by atoms with Gasteiger partial charge in [-0.3, -0.25) is 9.63 Å². The van der Waals surface area contributed by atoms with Gasteiger partial charge in [0.05, 0.1) is 7.11 Å². The van der Waals surface area contributed by atoms with E-state index in [0.717, 1.165) is 0 Å². The Morgan fingerprint density at radius 1 is 1.75 bits per heavy atom. The summed E-state index contributed by atoms with van der Waals surface area (Å²) in [6, 6.07) is 0. The summed E-state index contributed by atoms with van der Waals surface area (Å²) in [6.45, 7) is 3.60. The molecule has 0 radical (unpaired) electrons. The molecule has 1 N–H and O–H groups in total. The summed E-state index contributed by atoms with van der Waals surface area (Å²) in [6.07, 6.45) is 0. The number of hydrogen-bond acceptors (Lipinski definition) is 2. The molecule has 0 spiro atoms. The lowest BCUT2D eigenvalue weighted by Gasteiger charge is -2.02. The highest BCUT2D eigenvalue weighted by atomic mass is 16.6. The Labute approximate surface area is 50.5 Å². The van der Waals surface area contributed by atoms with E-state index in [1.807, 2.05) is 0 Å². The van der Waals surface area contributed by atoms with Crippen LogP contribution < -0.4 is 5.48 Å². The largest absolute Gasteiger partial charge is 0.277 e. The number of amides is 1. The van der Waals surface area contributed by atoms with Gasteiger partial charge in [-0.25, -0.2) is 5.48 Å². The Bertz CT molecular complexity index is 85.0. The number of hydrogen-bond donors (Lipinski definition) is 1. The van der Waals surface area contributed by atoms with E-state index in [4.69, 9.17) is 0 Å². The van der Waals surface area contributed by atoms with E-state index in [1.165, 1.54) is 7.11 Å². The fourth-order valence-electron chi connectivity index (χ4n) is 0.218. The van der Waals surface area contributed by atoms with Crippen molar-refractivity contribution < 1.29 is 11.1 Å². The van der Waals surface area contributed by atoms with Crippen LogP contribution in [0.5, 0.6) is 0 Å². The van der Waals surface area contributed by atoms with E-state index in [-0.39, 0.29) is 13.3 Å². The first kappa shape index (κ1) is 7.43. The van der Waals surface area contributed by atoms with Crippen molar-refractivity contribution in [2.24, 2.45) is 5.92 Å². The van der Waals surface area contributed by atoms with E-state index in [2.05, 4.69) is 10.3 Å². The zero-order valence-electron chi connectivity index (χ0n) is 5.39. The molecule has 8 heavy (non-hydrogen) atoms. The number of carbonyl (C=O) groups is 1. The molecule has 0 aliphatic rings. The van der Waals surface area contributed by atoms with Gasteiger partial charge in [-0.15, -0.1) is 0 Å². The molecule has 0 heterocycles. The zero-order chi connectivity index (χ0) is 6.57. The van der Waals surface area contributed by atoms with Gasteiger partial charge in [-0.05, 0) is 0 Å². The maximum absolute atomic E-state index is 10.5. The number of nitrogens with one attached hydrogen (secondary N) is 1. The Morgan fingerprint density at radius 3 is 2.38 bits per heavy atom. The summed E-state index contributed by atoms with van der Waals surface area (Å²) in [5.74, 6) is -0.0950. The molecule has 0 aromatic heterocycles.